The molecule has 0 N–H and O–H groups in total. The molecule has 0 saturated heterocycles. The average molecular weight is 251 g/mol. The average Bonchev–Trinajstić information content (AvgIpc) is 2.83. The Morgan fingerprint density at radius 3 is 2.50 bits per heavy atom. The molecule has 3 nitrogen and oxygen atoms in total. The van der Waals surface area contributed by atoms with Crippen molar-refractivity contribution < 1.29 is 0 Å². The second-order valence-corrected chi connectivity index (χ2v) is 4.56. The third-order valence-corrected chi connectivity index (χ3v) is 3.31. The molecule has 0 amide bonds. The summed E-state index contributed by atoms with van der Waals surface area (Å²) in [5.74, 6) is 0. The van der Waals surface area contributed by atoms with Crippen LogP contribution in [-0.4, -0.2) is 4.98 Å². The van der Waals surface area contributed by atoms with Gasteiger partial charge in [-0.25, -0.2) is 4.98 Å². The van der Waals surface area contributed by atoms with E-state index >= 15 is 0 Å². The fraction of sp³-hybridized carbons (Fsp3) is 0.0714. The van der Waals surface area contributed by atoms with E-state index in [-0.39, 0.29) is 0 Å². The van der Waals surface area contributed by atoms with Crippen LogP contribution in [0.25, 0.3) is 11.6 Å². The minimum Gasteiger partial charge on any atom is -0.241 e. The van der Waals surface area contributed by atoms with E-state index < -0.39 is 0 Å². The van der Waals surface area contributed by atoms with Crippen molar-refractivity contribution in [3.8, 4) is 12.1 Å². The van der Waals surface area contributed by atoms with Gasteiger partial charge in [-0.3, -0.25) is 0 Å². The topological polar surface area (TPSA) is 60.5 Å². The Kier molecular flexibility index (Phi) is 3.52. The number of rotatable bonds is 2. The van der Waals surface area contributed by atoms with Crippen LogP contribution >= 0.6 is 11.3 Å². The molecular weight excluding hydrogens is 242 g/mol. The molecule has 0 radical (unpaired) electrons. The summed E-state index contributed by atoms with van der Waals surface area (Å²) in [6.45, 7) is 1.90. The maximum atomic E-state index is 9.15. The van der Waals surface area contributed by atoms with Crippen molar-refractivity contribution in [1.29, 1.82) is 10.5 Å². The van der Waals surface area contributed by atoms with Gasteiger partial charge in [0.25, 0.3) is 0 Å². The standard InChI is InChI=1S/C14H9N3S/c1-10-9-18-14(17-10)13(8-16)6-11-2-4-12(7-15)5-3-11/h2-6,9H,1H3/b13-6-. The number of benzene rings is 1. The molecule has 0 spiro atoms. The van der Waals surface area contributed by atoms with Gasteiger partial charge >= 0.3 is 0 Å². The Morgan fingerprint density at radius 1 is 1.28 bits per heavy atom. The molecule has 86 valence electrons. The number of aryl methyl sites for hydroxylation is 1. The smallest absolute Gasteiger partial charge is 0.134 e. The zero-order valence-corrected chi connectivity index (χ0v) is 10.5. The quantitative estimate of drug-likeness (QED) is 0.768. The lowest BCUT2D eigenvalue weighted by Crippen LogP contribution is -1.82. The van der Waals surface area contributed by atoms with Crippen molar-refractivity contribution >= 4 is 23.0 Å². The summed E-state index contributed by atoms with van der Waals surface area (Å²) in [6.07, 6.45) is 1.78. The third-order valence-electron chi connectivity index (χ3n) is 2.32. The van der Waals surface area contributed by atoms with Crippen molar-refractivity contribution in [2.45, 2.75) is 6.92 Å². The van der Waals surface area contributed by atoms with Crippen molar-refractivity contribution in [3.05, 3.63) is 51.5 Å². The van der Waals surface area contributed by atoms with Gasteiger partial charge in [0.1, 0.15) is 11.1 Å². The van der Waals surface area contributed by atoms with Crippen LogP contribution in [0.4, 0.5) is 0 Å². The summed E-state index contributed by atoms with van der Waals surface area (Å²) in [6, 6.07) is 11.3. The summed E-state index contributed by atoms with van der Waals surface area (Å²) in [5, 5.41) is 20.5. The highest BCUT2D eigenvalue weighted by Gasteiger charge is 2.05. The number of allylic oxidation sites excluding steroid dienone is 1. The molecule has 0 bridgehead atoms. The van der Waals surface area contributed by atoms with E-state index in [9.17, 15) is 0 Å². The molecule has 0 aliphatic heterocycles. The summed E-state index contributed by atoms with van der Waals surface area (Å²) in [5.41, 5.74) is 2.95. The van der Waals surface area contributed by atoms with Crippen LogP contribution in [-0.2, 0) is 0 Å². The second kappa shape index (κ2) is 5.27. The lowest BCUT2D eigenvalue weighted by molar-refractivity contribution is 1.25. The molecule has 0 saturated carbocycles. The second-order valence-electron chi connectivity index (χ2n) is 3.70. The van der Waals surface area contributed by atoms with Crippen LogP contribution in [0.15, 0.2) is 29.6 Å². The highest BCUT2D eigenvalue weighted by Crippen LogP contribution is 2.21. The number of hydrogen-bond acceptors (Lipinski definition) is 4. The molecule has 1 heterocycles. The molecule has 0 aliphatic rings. The molecule has 1 aromatic carbocycles. The lowest BCUT2D eigenvalue weighted by Gasteiger charge is -1.95. The molecule has 2 rings (SSSR count). The van der Waals surface area contributed by atoms with Crippen molar-refractivity contribution in [2.24, 2.45) is 0 Å². The number of aromatic nitrogens is 1. The third kappa shape index (κ3) is 2.63. The monoisotopic (exact) mass is 251 g/mol. The van der Waals surface area contributed by atoms with E-state index in [4.69, 9.17) is 10.5 Å². The SMILES string of the molecule is Cc1csc(/C(C#N)=C\c2ccc(C#N)cc2)n1. The first kappa shape index (κ1) is 12.0. The zero-order valence-electron chi connectivity index (χ0n) is 9.71. The minimum atomic E-state index is 0.540. The van der Waals surface area contributed by atoms with Gasteiger partial charge in [0.05, 0.1) is 17.2 Å². The lowest BCUT2D eigenvalue weighted by atomic mass is 10.1. The molecular formula is C14H9N3S. The van der Waals surface area contributed by atoms with Gasteiger partial charge in [0.2, 0.25) is 0 Å². The molecule has 0 unspecified atom stereocenters. The molecule has 0 fully saturated rings. The van der Waals surface area contributed by atoms with Gasteiger partial charge in [0.15, 0.2) is 0 Å². The van der Waals surface area contributed by atoms with E-state index in [0.29, 0.717) is 11.1 Å². The van der Waals surface area contributed by atoms with E-state index in [2.05, 4.69) is 17.1 Å². The number of thiazole rings is 1. The van der Waals surface area contributed by atoms with Crippen LogP contribution in [0, 0.1) is 29.6 Å². The predicted octanol–water partition coefficient (Wildman–Crippen LogP) is 3.39. The zero-order chi connectivity index (χ0) is 13.0. The molecule has 4 heteroatoms. The minimum absolute atomic E-state index is 0.540. The van der Waals surface area contributed by atoms with E-state index in [1.165, 1.54) is 11.3 Å². The Hall–Kier alpha value is -2.43. The molecule has 0 atom stereocenters. The van der Waals surface area contributed by atoms with E-state index in [1.807, 2.05) is 24.4 Å². The Labute approximate surface area is 109 Å². The molecule has 0 aliphatic carbocycles. The number of nitriles is 2. The maximum absolute atomic E-state index is 9.15. The van der Waals surface area contributed by atoms with E-state index in [1.54, 1.807) is 18.2 Å². The predicted molar refractivity (Wildman–Crippen MR) is 71.5 cm³/mol. The first-order chi connectivity index (χ1) is 8.72. The number of nitrogens with zero attached hydrogens (tertiary/aromatic N) is 3. The molecule has 18 heavy (non-hydrogen) atoms. The Balaban J connectivity index is 2.36. The summed E-state index contributed by atoms with van der Waals surface area (Å²) < 4.78 is 0. The Bertz CT molecular complexity index is 666. The van der Waals surface area contributed by atoms with Crippen LogP contribution in [0.5, 0.6) is 0 Å². The van der Waals surface area contributed by atoms with Crippen LogP contribution in [0.2, 0.25) is 0 Å². The van der Waals surface area contributed by atoms with Crippen molar-refractivity contribution in [3.63, 3.8) is 0 Å². The van der Waals surface area contributed by atoms with Crippen molar-refractivity contribution in [1.82, 2.24) is 4.98 Å². The van der Waals surface area contributed by atoms with Gasteiger partial charge in [-0.2, -0.15) is 10.5 Å². The largest absolute Gasteiger partial charge is 0.241 e. The van der Waals surface area contributed by atoms with E-state index in [0.717, 1.165) is 16.3 Å². The van der Waals surface area contributed by atoms with Crippen LogP contribution in [0.1, 0.15) is 21.8 Å². The van der Waals surface area contributed by atoms with Gasteiger partial charge in [-0.05, 0) is 30.7 Å². The number of hydrogen-bond donors (Lipinski definition) is 0. The van der Waals surface area contributed by atoms with Gasteiger partial charge in [-0.1, -0.05) is 12.1 Å². The first-order valence-corrected chi connectivity index (χ1v) is 6.15. The van der Waals surface area contributed by atoms with Gasteiger partial charge in [-0.15, -0.1) is 11.3 Å². The summed E-state index contributed by atoms with van der Waals surface area (Å²) in [4.78, 5) is 4.29. The van der Waals surface area contributed by atoms with Crippen LogP contribution in [0.3, 0.4) is 0 Å². The Morgan fingerprint density at radius 2 is 2.00 bits per heavy atom. The van der Waals surface area contributed by atoms with Gasteiger partial charge < -0.3 is 0 Å². The van der Waals surface area contributed by atoms with Crippen LogP contribution < -0.4 is 0 Å². The fourth-order valence-electron chi connectivity index (χ4n) is 1.44. The molecule has 1 aromatic heterocycles. The summed E-state index contributed by atoms with van der Waals surface area (Å²) >= 11 is 1.45. The summed E-state index contributed by atoms with van der Waals surface area (Å²) in [7, 11) is 0. The highest BCUT2D eigenvalue weighted by molar-refractivity contribution is 7.11. The first-order valence-electron chi connectivity index (χ1n) is 5.27. The highest BCUT2D eigenvalue weighted by atomic mass is 32.1. The molecule has 2 aromatic rings. The fourth-order valence-corrected chi connectivity index (χ4v) is 2.20. The maximum Gasteiger partial charge on any atom is 0.134 e. The normalized spacial score (nSPS) is 10.7. The van der Waals surface area contributed by atoms with Gasteiger partial charge in [0, 0.05) is 11.1 Å². The van der Waals surface area contributed by atoms with Crippen molar-refractivity contribution in [2.75, 3.05) is 0 Å².